The van der Waals surface area contributed by atoms with Crippen LogP contribution in [0.4, 0.5) is 5.69 Å². The van der Waals surface area contributed by atoms with E-state index in [1.165, 1.54) is 0 Å². The number of hydrogen-bond donors (Lipinski definition) is 1. The Morgan fingerprint density at radius 2 is 2.14 bits per heavy atom. The molecule has 1 fully saturated rings. The van der Waals surface area contributed by atoms with Crippen LogP contribution in [0, 0.1) is 0 Å². The van der Waals surface area contributed by atoms with E-state index in [2.05, 4.69) is 0 Å². The smallest absolute Gasteiger partial charge is 0.327 e. The van der Waals surface area contributed by atoms with Crippen LogP contribution in [0.25, 0.3) is 0 Å². The van der Waals surface area contributed by atoms with E-state index in [1.54, 1.807) is 40.9 Å². The first kappa shape index (κ1) is 16.2. The first-order valence-corrected chi connectivity index (χ1v) is 9.67. The maximum absolute atomic E-state index is 12.4. The second-order valence-electron chi connectivity index (χ2n) is 4.91. The zero-order chi connectivity index (χ0) is 15.5. The highest BCUT2D eigenvalue weighted by molar-refractivity contribution is 7.99. The number of benzene rings is 1. The van der Waals surface area contributed by atoms with Gasteiger partial charge in [0.05, 0.1) is 16.3 Å². The molecule has 1 aliphatic rings. The molecule has 1 aliphatic heterocycles. The molecule has 1 unspecified atom stereocenters. The van der Waals surface area contributed by atoms with Gasteiger partial charge in [-0.2, -0.15) is 11.8 Å². The van der Waals surface area contributed by atoms with Crippen molar-refractivity contribution in [3.63, 3.8) is 0 Å². The summed E-state index contributed by atoms with van der Waals surface area (Å²) in [6.45, 7) is 2.36. The number of nitrogens with zero attached hydrogens (tertiary/aromatic N) is 1. The third kappa shape index (κ3) is 3.52. The first-order valence-electron chi connectivity index (χ1n) is 6.86. The molecule has 116 valence electrons. The molecule has 0 spiro atoms. The molecule has 1 heterocycles. The van der Waals surface area contributed by atoms with Gasteiger partial charge < -0.3 is 10.0 Å². The molecule has 7 heteroatoms. The van der Waals surface area contributed by atoms with Crippen molar-refractivity contribution >= 4 is 33.3 Å². The Morgan fingerprint density at radius 3 is 2.81 bits per heavy atom. The van der Waals surface area contributed by atoms with Gasteiger partial charge in [-0.05, 0) is 18.6 Å². The van der Waals surface area contributed by atoms with Crippen molar-refractivity contribution in [2.75, 3.05) is 28.7 Å². The Balaban J connectivity index is 2.46. The summed E-state index contributed by atoms with van der Waals surface area (Å²) in [5, 5.41) is 9.36. The number of para-hydroxylation sites is 1. The molecule has 5 nitrogen and oxygen atoms in total. The van der Waals surface area contributed by atoms with E-state index in [0.29, 0.717) is 24.4 Å². The number of carboxylic acids is 1. The number of rotatable bonds is 5. The van der Waals surface area contributed by atoms with Crippen LogP contribution in [0.1, 0.15) is 13.3 Å². The lowest BCUT2D eigenvalue weighted by molar-refractivity contribution is -0.138. The normalized spacial score (nSPS) is 19.5. The fourth-order valence-electron chi connectivity index (χ4n) is 2.43. The third-order valence-corrected chi connectivity index (χ3v) is 6.38. The summed E-state index contributed by atoms with van der Waals surface area (Å²) in [6, 6.07) is 6.03. The van der Waals surface area contributed by atoms with Gasteiger partial charge in [-0.1, -0.05) is 19.1 Å². The van der Waals surface area contributed by atoms with Crippen LogP contribution in [0.5, 0.6) is 0 Å². The summed E-state index contributed by atoms with van der Waals surface area (Å²) >= 11 is 1.58. The highest BCUT2D eigenvalue weighted by Gasteiger charge is 2.32. The highest BCUT2D eigenvalue weighted by atomic mass is 32.2. The quantitative estimate of drug-likeness (QED) is 0.889. The van der Waals surface area contributed by atoms with Crippen molar-refractivity contribution in [2.24, 2.45) is 0 Å². The van der Waals surface area contributed by atoms with Gasteiger partial charge in [0.15, 0.2) is 9.84 Å². The minimum absolute atomic E-state index is 0.0738. The number of aliphatic carboxylic acids is 1. The summed E-state index contributed by atoms with van der Waals surface area (Å²) < 4.78 is 24.8. The second kappa shape index (κ2) is 6.70. The van der Waals surface area contributed by atoms with Crippen LogP contribution in [-0.4, -0.2) is 49.3 Å². The molecular formula is C14H19NO4S2. The van der Waals surface area contributed by atoms with Gasteiger partial charge in [0.2, 0.25) is 0 Å². The lowest BCUT2D eigenvalue weighted by Crippen LogP contribution is -2.48. The number of sulfone groups is 1. The first-order chi connectivity index (χ1) is 9.97. The zero-order valence-corrected chi connectivity index (χ0v) is 13.5. The zero-order valence-electron chi connectivity index (χ0n) is 11.9. The van der Waals surface area contributed by atoms with E-state index < -0.39 is 21.8 Å². The molecule has 0 aliphatic carbocycles. The Bertz CT molecular complexity index is 615. The topological polar surface area (TPSA) is 74.7 Å². The van der Waals surface area contributed by atoms with E-state index in [4.69, 9.17) is 0 Å². The SMILES string of the molecule is CCCS(=O)(=O)c1ccccc1N1CCSCC1C(=O)O. The average Bonchev–Trinajstić information content (AvgIpc) is 2.47. The standard InChI is InChI=1S/C14H19NO4S2/c1-2-9-21(18,19)13-6-4-3-5-11(13)15-7-8-20-10-12(15)14(16)17/h3-6,12H,2,7-10H2,1H3,(H,16,17). The van der Waals surface area contributed by atoms with E-state index in [-0.39, 0.29) is 10.6 Å². The lowest BCUT2D eigenvalue weighted by Gasteiger charge is -2.35. The van der Waals surface area contributed by atoms with Gasteiger partial charge in [0, 0.05) is 18.1 Å². The Labute approximate surface area is 129 Å². The molecular weight excluding hydrogens is 310 g/mol. The molecule has 0 amide bonds. The van der Waals surface area contributed by atoms with Crippen LogP contribution in [-0.2, 0) is 14.6 Å². The molecule has 1 atom stereocenters. The van der Waals surface area contributed by atoms with Gasteiger partial charge in [-0.3, -0.25) is 0 Å². The Hall–Kier alpha value is -1.21. The van der Waals surface area contributed by atoms with Crippen LogP contribution in [0.15, 0.2) is 29.2 Å². The number of hydrogen-bond acceptors (Lipinski definition) is 5. The minimum Gasteiger partial charge on any atom is -0.480 e. The van der Waals surface area contributed by atoms with Crippen molar-refractivity contribution in [3.8, 4) is 0 Å². The van der Waals surface area contributed by atoms with Crippen LogP contribution >= 0.6 is 11.8 Å². The fraction of sp³-hybridized carbons (Fsp3) is 0.500. The largest absolute Gasteiger partial charge is 0.480 e. The van der Waals surface area contributed by atoms with Gasteiger partial charge in [-0.25, -0.2) is 13.2 Å². The molecule has 1 saturated heterocycles. The molecule has 1 aromatic rings. The molecule has 0 saturated carbocycles. The third-order valence-electron chi connectivity index (χ3n) is 3.40. The fourth-order valence-corrected chi connectivity index (χ4v) is 5.02. The monoisotopic (exact) mass is 329 g/mol. The van der Waals surface area contributed by atoms with Crippen LogP contribution in [0.3, 0.4) is 0 Å². The lowest BCUT2D eigenvalue weighted by atomic mass is 10.2. The number of carbonyl (C=O) groups is 1. The van der Waals surface area contributed by atoms with Crippen molar-refractivity contribution in [2.45, 2.75) is 24.3 Å². The highest BCUT2D eigenvalue weighted by Crippen LogP contribution is 2.31. The summed E-state index contributed by atoms with van der Waals surface area (Å²) in [5.41, 5.74) is 0.513. The maximum atomic E-state index is 12.4. The molecule has 0 bridgehead atoms. The Kier molecular flexibility index (Phi) is 5.16. The van der Waals surface area contributed by atoms with Crippen molar-refractivity contribution in [1.29, 1.82) is 0 Å². The molecule has 0 aromatic heterocycles. The summed E-state index contributed by atoms with van der Waals surface area (Å²) in [5.74, 6) is 0.429. The summed E-state index contributed by atoms with van der Waals surface area (Å²) in [6.07, 6.45) is 0.537. The van der Waals surface area contributed by atoms with E-state index in [0.717, 1.165) is 5.75 Å². The van der Waals surface area contributed by atoms with Gasteiger partial charge in [0.25, 0.3) is 0 Å². The van der Waals surface area contributed by atoms with Crippen LogP contribution < -0.4 is 4.90 Å². The number of carboxylic acid groups (broad SMARTS) is 1. The van der Waals surface area contributed by atoms with Gasteiger partial charge in [0.1, 0.15) is 6.04 Å². The van der Waals surface area contributed by atoms with Crippen molar-refractivity contribution in [3.05, 3.63) is 24.3 Å². The van der Waals surface area contributed by atoms with Gasteiger partial charge >= 0.3 is 5.97 Å². The molecule has 21 heavy (non-hydrogen) atoms. The predicted molar refractivity (Wildman–Crippen MR) is 84.9 cm³/mol. The molecule has 0 radical (unpaired) electrons. The maximum Gasteiger partial charge on any atom is 0.327 e. The Morgan fingerprint density at radius 1 is 1.43 bits per heavy atom. The summed E-state index contributed by atoms with van der Waals surface area (Å²) in [7, 11) is -3.38. The molecule has 2 rings (SSSR count). The number of anilines is 1. The van der Waals surface area contributed by atoms with Gasteiger partial charge in [-0.15, -0.1) is 0 Å². The van der Waals surface area contributed by atoms with E-state index in [9.17, 15) is 18.3 Å². The summed E-state index contributed by atoms with van der Waals surface area (Å²) in [4.78, 5) is 13.4. The van der Waals surface area contributed by atoms with Crippen LogP contribution in [0.2, 0.25) is 0 Å². The van der Waals surface area contributed by atoms with E-state index in [1.807, 2.05) is 6.92 Å². The van der Waals surface area contributed by atoms with Crippen molar-refractivity contribution < 1.29 is 18.3 Å². The predicted octanol–water partition coefficient (Wildman–Crippen LogP) is 1.88. The molecule has 1 aromatic carbocycles. The number of thioether (sulfide) groups is 1. The van der Waals surface area contributed by atoms with E-state index >= 15 is 0 Å². The molecule has 1 N–H and O–H groups in total. The average molecular weight is 329 g/mol. The van der Waals surface area contributed by atoms with Crippen molar-refractivity contribution in [1.82, 2.24) is 0 Å². The minimum atomic E-state index is -3.38. The second-order valence-corrected chi connectivity index (χ2v) is 8.14.